The number of carbonyl (C=O) groups excluding carboxylic acids is 2. The molecule has 0 amide bonds. The Bertz CT molecular complexity index is 1590. The average molecular weight is 559 g/mol. The molecule has 0 aliphatic heterocycles. The number of aromatic nitrogens is 1. The van der Waals surface area contributed by atoms with Crippen LogP contribution in [0.3, 0.4) is 0 Å². The highest BCUT2D eigenvalue weighted by Crippen LogP contribution is 2.40. The van der Waals surface area contributed by atoms with Crippen LogP contribution in [0.25, 0.3) is 16.5 Å². The molecule has 4 nitrogen and oxygen atoms in total. The van der Waals surface area contributed by atoms with Gasteiger partial charge in [0.25, 0.3) is 0 Å². The van der Waals surface area contributed by atoms with Gasteiger partial charge in [0.1, 0.15) is 4.21 Å². The predicted octanol–water partition coefficient (Wildman–Crippen LogP) is 7.46. The van der Waals surface area contributed by atoms with Crippen LogP contribution in [-0.2, 0) is 21.7 Å². The van der Waals surface area contributed by atoms with Gasteiger partial charge in [0.2, 0.25) is 11.5 Å². The summed E-state index contributed by atoms with van der Waals surface area (Å²) in [7, 11) is 0. The first-order valence-corrected chi connectivity index (χ1v) is 14.4. The molecule has 2 heterocycles. The summed E-state index contributed by atoms with van der Waals surface area (Å²) in [5, 5.41) is 2.96. The van der Waals surface area contributed by atoms with Crippen molar-refractivity contribution in [3.05, 3.63) is 124 Å². The van der Waals surface area contributed by atoms with E-state index in [2.05, 4.69) is 30.3 Å². The van der Waals surface area contributed by atoms with Gasteiger partial charge in [-0.05, 0) is 47.5 Å². The van der Waals surface area contributed by atoms with E-state index >= 15 is 0 Å². The van der Waals surface area contributed by atoms with E-state index in [0.717, 1.165) is 15.6 Å². The number of hydrogen-bond donors (Lipinski definition) is 0. The second-order valence-corrected chi connectivity index (χ2v) is 11.3. The van der Waals surface area contributed by atoms with Crippen molar-refractivity contribution in [3.8, 4) is 5.69 Å². The topological polar surface area (TPSA) is 47.3 Å². The minimum atomic E-state index is -0.362. The van der Waals surface area contributed by atoms with Crippen LogP contribution < -0.4 is 4.57 Å². The van der Waals surface area contributed by atoms with Crippen LogP contribution in [0.15, 0.2) is 102 Å². The van der Waals surface area contributed by atoms with E-state index in [1.54, 1.807) is 43.0 Å². The number of halogens is 1. The SMILES string of the molecule is CCOC(=O)Cc1c(C(=O)c2ccc(Cl)cc2)sc(SCc2cccc3ccccc23)c1-[n+]1ccccc1. The van der Waals surface area contributed by atoms with Crippen LogP contribution in [0.5, 0.6) is 0 Å². The van der Waals surface area contributed by atoms with Gasteiger partial charge in [0, 0.05) is 28.5 Å². The van der Waals surface area contributed by atoms with Gasteiger partial charge in [-0.2, -0.15) is 4.57 Å². The molecule has 0 N–H and O–H groups in total. The number of benzene rings is 3. The lowest BCUT2D eigenvalue weighted by Crippen LogP contribution is -2.31. The maximum absolute atomic E-state index is 13.8. The third-order valence-corrected chi connectivity index (χ3v) is 8.88. The molecule has 0 aliphatic carbocycles. The third kappa shape index (κ3) is 5.68. The van der Waals surface area contributed by atoms with Crippen molar-refractivity contribution in [1.82, 2.24) is 0 Å². The van der Waals surface area contributed by atoms with Crippen molar-refractivity contribution in [2.45, 2.75) is 23.3 Å². The number of esters is 1. The predicted molar refractivity (Wildman–Crippen MR) is 155 cm³/mol. The van der Waals surface area contributed by atoms with E-state index < -0.39 is 0 Å². The number of rotatable bonds is 9. The first-order chi connectivity index (χ1) is 18.5. The fourth-order valence-corrected chi connectivity index (χ4v) is 7.04. The molecule has 190 valence electrons. The quantitative estimate of drug-likeness (QED) is 0.0815. The minimum Gasteiger partial charge on any atom is -0.466 e. The molecule has 0 aliphatic rings. The minimum absolute atomic E-state index is 0.00502. The molecule has 0 atom stereocenters. The first-order valence-electron chi connectivity index (χ1n) is 12.2. The van der Waals surface area contributed by atoms with Gasteiger partial charge in [-0.25, -0.2) is 0 Å². The van der Waals surface area contributed by atoms with E-state index in [0.29, 0.717) is 21.0 Å². The van der Waals surface area contributed by atoms with Crippen LogP contribution in [0, 0.1) is 0 Å². The fourth-order valence-electron chi connectivity index (χ4n) is 4.34. The number of carbonyl (C=O) groups is 2. The largest absolute Gasteiger partial charge is 0.466 e. The number of thioether (sulfide) groups is 1. The lowest BCUT2D eigenvalue weighted by atomic mass is 10.0. The Balaban J connectivity index is 1.62. The van der Waals surface area contributed by atoms with Crippen molar-refractivity contribution in [1.29, 1.82) is 0 Å². The molecule has 0 bridgehead atoms. The Hall–Kier alpha value is -3.45. The maximum Gasteiger partial charge on any atom is 0.310 e. The summed E-state index contributed by atoms with van der Waals surface area (Å²) in [6, 6.07) is 27.3. The zero-order chi connectivity index (χ0) is 26.5. The third-order valence-electron chi connectivity index (χ3n) is 6.10. The highest BCUT2D eigenvalue weighted by atomic mass is 35.5. The van der Waals surface area contributed by atoms with Gasteiger partial charge in [-0.3, -0.25) is 9.59 Å². The number of fused-ring (bicyclic) bond motifs is 1. The number of pyridine rings is 1. The highest BCUT2D eigenvalue weighted by Gasteiger charge is 2.31. The Morgan fingerprint density at radius 3 is 2.42 bits per heavy atom. The molecule has 38 heavy (non-hydrogen) atoms. The molecule has 5 rings (SSSR count). The monoisotopic (exact) mass is 558 g/mol. The van der Waals surface area contributed by atoms with Crippen molar-refractivity contribution in [2.24, 2.45) is 0 Å². The van der Waals surface area contributed by atoms with E-state index in [-0.39, 0.29) is 24.8 Å². The summed E-state index contributed by atoms with van der Waals surface area (Å²) >= 11 is 9.17. The number of ketones is 1. The van der Waals surface area contributed by atoms with Gasteiger partial charge in [0.05, 0.1) is 23.5 Å². The Morgan fingerprint density at radius 2 is 1.66 bits per heavy atom. The van der Waals surface area contributed by atoms with Gasteiger partial charge >= 0.3 is 5.97 Å². The van der Waals surface area contributed by atoms with Gasteiger partial charge < -0.3 is 4.74 Å². The van der Waals surface area contributed by atoms with E-state index in [4.69, 9.17) is 16.3 Å². The van der Waals surface area contributed by atoms with E-state index in [1.807, 2.05) is 47.3 Å². The van der Waals surface area contributed by atoms with Crippen LogP contribution in [0.4, 0.5) is 0 Å². The highest BCUT2D eigenvalue weighted by molar-refractivity contribution is 8.00. The normalized spacial score (nSPS) is 11.0. The number of nitrogens with zero attached hydrogens (tertiary/aromatic N) is 1. The summed E-state index contributed by atoms with van der Waals surface area (Å²) in [6.45, 7) is 2.06. The lowest BCUT2D eigenvalue weighted by Gasteiger charge is -2.07. The molecule has 2 aromatic heterocycles. The van der Waals surface area contributed by atoms with Gasteiger partial charge in [0.15, 0.2) is 12.4 Å². The molecule has 7 heteroatoms. The number of hydrogen-bond acceptors (Lipinski definition) is 5. The molecule has 0 spiro atoms. The molecule has 5 aromatic rings. The molecule has 0 unspecified atom stereocenters. The van der Waals surface area contributed by atoms with Crippen LogP contribution in [0.1, 0.15) is 33.3 Å². The van der Waals surface area contributed by atoms with Crippen LogP contribution >= 0.6 is 34.7 Å². The molecular weight excluding hydrogens is 534 g/mol. The standard InChI is InChI=1S/C31H25ClNO3S2/c1-2-36-27(34)19-26-28(33-17-6-3-7-18-33)31(38-30(26)29(35)22-13-15-24(32)16-14-22)37-20-23-11-8-10-21-9-4-5-12-25(21)23/h3-18H,2,19-20H2,1H3/q+1. The first kappa shape index (κ1) is 26.2. The zero-order valence-electron chi connectivity index (χ0n) is 20.7. The Kier molecular flexibility index (Phi) is 8.23. The molecule has 0 saturated carbocycles. The van der Waals surface area contributed by atoms with Crippen molar-refractivity contribution >= 4 is 57.2 Å². The van der Waals surface area contributed by atoms with Crippen LogP contribution in [0.2, 0.25) is 5.02 Å². The second kappa shape index (κ2) is 11.9. The molecular formula is C31H25ClNO3S2+. The molecule has 3 aromatic carbocycles. The van der Waals surface area contributed by atoms with Crippen molar-refractivity contribution in [2.75, 3.05) is 6.61 Å². The molecule has 0 fully saturated rings. The Labute approximate surface area is 234 Å². The molecule has 0 saturated heterocycles. The summed E-state index contributed by atoms with van der Waals surface area (Å²) in [5.41, 5.74) is 3.25. The number of ether oxygens (including phenoxy) is 1. The average Bonchev–Trinajstić information content (AvgIpc) is 3.30. The lowest BCUT2D eigenvalue weighted by molar-refractivity contribution is -0.598. The maximum atomic E-state index is 13.8. The van der Waals surface area contributed by atoms with Gasteiger partial charge in [-0.1, -0.05) is 60.1 Å². The van der Waals surface area contributed by atoms with Crippen LogP contribution in [-0.4, -0.2) is 18.4 Å². The van der Waals surface area contributed by atoms with Crippen molar-refractivity contribution in [3.63, 3.8) is 0 Å². The smallest absolute Gasteiger partial charge is 0.310 e. The van der Waals surface area contributed by atoms with Gasteiger partial charge in [-0.15, -0.1) is 23.1 Å². The summed E-state index contributed by atoms with van der Waals surface area (Å²) in [6.07, 6.45) is 3.88. The summed E-state index contributed by atoms with van der Waals surface area (Å²) in [5.74, 6) is 0.218. The van der Waals surface area contributed by atoms with Crippen molar-refractivity contribution < 1.29 is 18.9 Å². The fraction of sp³-hybridized carbons (Fsp3) is 0.129. The summed E-state index contributed by atoms with van der Waals surface area (Å²) < 4.78 is 8.25. The molecule has 0 radical (unpaired) electrons. The Morgan fingerprint density at radius 1 is 0.921 bits per heavy atom. The van der Waals surface area contributed by atoms with E-state index in [1.165, 1.54) is 27.7 Å². The zero-order valence-corrected chi connectivity index (χ0v) is 23.1. The second-order valence-electron chi connectivity index (χ2n) is 8.57. The summed E-state index contributed by atoms with van der Waals surface area (Å²) in [4.78, 5) is 27.0. The number of thiophene rings is 1. The van der Waals surface area contributed by atoms with E-state index in [9.17, 15) is 9.59 Å².